The van der Waals surface area contributed by atoms with E-state index in [4.69, 9.17) is 4.74 Å². The van der Waals surface area contributed by atoms with Crippen molar-refractivity contribution in [2.45, 2.75) is 25.8 Å². The molecule has 0 bridgehead atoms. The van der Waals surface area contributed by atoms with Crippen LogP contribution in [-0.2, 0) is 4.79 Å². The van der Waals surface area contributed by atoms with Gasteiger partial charge >= 0.3 is 0 Å². The van der Waals surface area contributed by atoms with E-state index in [1.54, 1.807) is 43.6 Å². The molecule has 0 saturated carbocycles. The summed E-state index contributed by atoms with van der Waals surface area (Å²) in [7, 11) is 1.56. The van der Waals surface area contributed by atoms with Crippen LogP contribution in [0.3, 0.4) is 0 Å². The lowest BCUT2D eigenvalue weighted by molar-refractivity contribution is -0.129. The summed E-state index contributed by atoms with van der Waals surface area (Å²) in [5.74, 6) is 1.09. The predicted molar refractivity (Wildman–Crippen MR) is 116 cm³/mol. The number of ether oxygens (including phenoxy) is 1. The van der Waals surface area contributed by atoms with E-state index in [0.29, 0.717) is 23.2 Å². The molecule has 3 heterocycles. The molecule has 2 aromatic heterocycles. The highest BCUT2D eigenvalue weighted by atomic mass is 32.1. The molecule has 0 spiro atoms. The number of nitrogens with zero attached hydrogens (tertiary/aromatic N) is 3. The maximum atomic E-state index is 11.7. The van der Waals surface area contributed by atoms with Crippen LogP contribution < -0.4 is 15.4 Å². The second-order valence-electron chi connectivity index (χ2n) is 7.13. The number of carbonyl (C=O) groups excluding carboxylic acids is 2. The Balaban J connectivity index is 1.44. The number of piperidine rings is 1. The van der Waals surface area contributed by atoms with Crippen LogP contribution in [0.15, 0.2) is 36.5 Å². The number of rotatable bonds is 5. The van der Waals surface area contributed by atoms with E-state index in [1.807, 2.05) is 23.1 Å². The summed E-state index contributed by atoms with van der Waals surface area (Å²) in [6.07, 6.45) is 3.38. The Morgan fingerprint density at radius 1 is 1.17 bits per heavy atom. The number of aromatic nitrogens is 2. The molecule has 2 amide bonds. The van der Waals surface area contributed by atoms with Crippen LogP contribution >= 0.6 is 11.3 Å². The molecular formula is C21H23N5O3S. The van der Waals surface area contributed by atoms with Gasteiger partial charge in [0.25, 0.3) is 5.91 Å². The van der Waals surface area contributed by atoms with Gasteiger partial charge in [0.1, 0.15) is 17.2 Å². The van der Waals surface area contributed by atoms with Crippen molar-refractivity contribution in [3.8, 4) is 11.5 Å². The standard InChI is InChI=1S/C21H23N5O3S/c1-13(27)26-9-6-14(7-10-26)24-21-25-17-4-3-15(12-19(17)30-21)29-16-5-8-23-18(11-16)20(28)22-2/h3-5,8,11-12,14H,6-7,9-10H2,1-2H3,(H,22,28)(H,24,25). The average molecular weight is 426 g/mol. The molecule has 0 unspecified atom stereocenters. The first-order valence-corrected chi connectivity index (χ1v) is 10.6. The molecular weight excluding hydrogens is 402 g/mol. The number of likely N-dealkylation sites (tertiary alicyclic amines) is 1. The van der Waals surface area contributed by atoms with Gasteiger partial charge in [0.15, 0.2) is 5.13 Å². The molecule has 3 aromatic rings. The van der Waals surface area contributed by atoms with Gasteiger partial charge in [-0.1, -0.05) is 11.3 Å². The molecule has 2 N–H and O–H groups in total. The minimum absolute atomic E-state index is 0.137. The molecule has 1 aliphatic heterocycles. The van der Waals surface area contributed by atoms with Crippen molar-refractivity contribution in [2.24, 2.45) is 0 Å². The molecule has 4 rings (SSSR count). The van der Waals surface area contributed by atoms with E-state index in [-0.39, 0.29) is 11.8 Å². The number of hydrogen-bond donors (Lipinski definition) is 2. The number of anilines is 1. The van der Waals surface area contributed by atoms with Gasteiger partial charge in [-0.3, -0.25) is 14.6 Å². The zero-order chi connectivity index (χ0) is 21.1. The van der Waals surface area contributed by atoms with Gasteiger partial charge in [-0.2, -0.15) is 0 Å². The summed E-state index contributed by atoms with van der Waals surface area (Å²) in [5, 5.41) is 6.92. The van der Waals surface area contributed by atoms with Crippen molar-refractivity contribution in [3.05, 3.63) is 42.2 Å². The van der Waals surface area contributed by atoms with E-state index >= 15 is 0 Å². The fourth-order valence-electron chi connectivity index (χ4n) is 3.41. The van der Waals surface area contributed by atoms with Crippen molar-refractivity contribution in [3.63, 3.8) is 0 Å². The van der Waals surface area contributed by atoms with Crippen molar-refractivity contribution >= 4 is 38.5 Å². The topological polar surface area (TPSA) is 96.5 Å². The normalized spacial score (nSPS) is 14.5. The highest BCUT2D eigenvalue weighted by molar-refractivity contribution is 7.22. The summed E-state index contributed by atoms with van der Waals surface area (Å²) in [6.45, 7) is 3.17. The Morgan fingerprint density at radius 3 is 2.67 bits per heavy atom. The Morgan fingerprint density at radius 2 is 1.93 bits per heavy atom. The van der Waals surface area contributed by atoms with Crippen LogP contribution in [0.4, 0.5) is 5.13 Å². The van der Waals surface area contributed by atoms with Crippen LogP contribution in [0.2, 0.25) is 0 Å². The number of thiazole rings is 1. The third-order valence-electron chi connectivity index (χ3n) is 5.05. The molecule has 0 aliphatic carbocycles. The molecule has 0 radical (unpaired) electrons. The van der Waals surface area contributed by atoms with Gasteiger partial charge in [0.2, 0.25) is 5.91 Å². The highest BCUT2D eigenvalue weighted by Gasteiger charge is 2.21. The maximum absolute atomic E-state index is 11.7. The number of hydrogen-bond acceptors (Lipinski definition) is 7. The number of nitrogens with one attached hydrogen (secondary N) is 2. The van der Waals surface area contributed by atoms with E-state index in [0.717, 1.165) is 41.3 Å². The Bertz CT molecular complexity index is 1080. The SMILES string of the molecule is CNC(=O)c1cc(Oc2ccc3nc(NC4CCN(C(C)=O)CC4)sc3c2)ccn1. The third kappa shape index (κ3) is 4.51. The minimum Gasteiger partial charge on any atom is -0.457 e. The van der Waals surface area contributed by atoms with Crippen LogP contribution in [0, 0.1) is 0 Å². The zero-order valence-corrected chi connectivity index (χ0v) is 17.7. The van der Waals surface area contributed by atoms with Crippen molar-refractivity contribution < 1.29 is 14.3 Å². The first kappa shape index (κ1) is 20.1. The molecule has 0 atom stereocenters. The fraction of sp³-hybridized carbons (Fsp3) is 0.333. The maximum Gasteiger partial charge on any atom is 0.269 e. The first-order chi connectivity index (χ1) is 14.5. The van der Waals surface area contributed by atoms with Gasteiger partial charge in [-0.25, -0.2) is 4.98 Å². The monoisotopic (exact) mass is 425 g/mol. The van der Waals surface area contributed by atoms with Crippen molar-refractivity contribution in [1.82, 2.24) is 20.2 Å². The van der Waals surface area contributed by atoms with Crippen LogP contribution in [0.25, 0.3) is 10.2 Å². The summed E-state index contributed by atoms with van der Waals surface area (Å²) in [5.41, 5.74) is 1.20. The number of carbonyl (C=O) groups is 2. The smallest absolute Gasteiger partial charge is 0.269 e. The summed E-state index contributed by atoms with van der Waals surface area (Å²) < 4.78 is 6.93. The third-order valence-corrected chi connectivity index (χ3v) is 6.00. The van der Waals surface area contributed by atoms with Gasteiger partial charge in [0, 0.05) is 51.4 Å². The Labute approximate surface area is 178 Å². The lowest BCUT2D eigenvalue weighted by Crippen LogP contribution is -2.41. The van der Waals surface area contributed by atoms with E-state index in [2.05, 4.69) is 20.6 Å². The molecule has 1 saturated heterocycles. The fourth-order valence-corrected chi connectivity index (χ4v) is 4.38. The number of fused-ring (bicyclic) bond motifs is 1. The second kappa shape index (κ2) is 8.66. The molecule has 1 aromatic carbocycles. The quantitative estimate of drug-likeness (QED) is 0.651. The predicted octanol–water partition coefficient (Wildman–Crippen LogP) is 3.27. The highest BCUT2D eigenvalue weighted by Crippen LogP contribution is 2.32. The Kier molecular flexibility index (Phi) is 5.80. The van der Waals surface area contributed by atoms with Crippen LogP contribution in [0.5, 0.6) is 11.5 Å². The van der Waals surface area contributed by atoms with Crippen molar-refractivity contribution in [2.75, 3.05) is 25.5 Å². The summed E-state index contributed by atoms with van der Waals surface area (Å²) in [6, 6.07) is 9.36. The van der Waals surface area contributed by atoms with Crippen molar-refractivity contribution in [1.29, 1.82) is 0 Å². The lowest BCUT2D eigenvalue weighted by Gasteiger charge is -2.31. The van der Waals surface area contributed by atoms with Gasteiger partial charge in [0.05, 0.1) is 10.2 Å². The van der Waals surface area contributed by atoms with Crippen LogP contribution in [-0.4, -0.2) is 52.9 Å². The van der Waals surface area contributed by atoms with Gasteiger partial charge in [-0.05, 0) is 31.0 Å². The molecule has 1 aliphatic rings. The number of pyridine rings is 1. The molecule has 9 heteroatoms. The van der Waals surface area contributed by atoms with Gasteiger partial charge < -0.3 is 20.3 Å². The molecule has 8 nitrogen and oxygen atoms in total. The number of amides is 2. The average Bonchev–Trinajstić information content (AvgIpc) is 3.15. The summed E-state index contributed by atoms with van der Waals surface area (Å²) >= 11 is 1.58. The van der Waals surface area contributed by atoms with E-state index in [9.17, 15) is 9.59 Å². The zero-order valence-electron chi connectivity index (χ0n) is 16.8. The van der Waals surface area contributed by atoms with Gasteiger partial charge in [-0.15, -0.1) is 0 Å². The minimum atomic E-state index is -0.261. The molecule has 156 valence electrons. The van der Waals surface area contributed by atoms with Crippen LogP contribution in [0.1, 0.15) is 30.3 Å². The Hall–Kier alpha value is -3.20. The lowest BCUT2D eigenvalue weighted by atomic mass is 10.1. The van der Waals surface area contributed by atoms with E-state index < -0.39 is 0 Å². The largest absolute Gasteiger partial charge is 0.457 e. The number of benzene rings is 1. The van der Waals surface area contributed by atoms with E-state index in [1.165, 1.54) is 0 Å². The first-order valence-electron chi connectivity index (χ1n) is 9.80. The molecule has 1 fully saturated rings. The second-order valence-corrected chi connectivity index (χ2v) is 8.16. The molecule has 30 heavy (non-hydrogen) atoms. The summed E-state index contributed by atoms with van der Waals surface area (Å²) in [4.78, 5) is 33.8.